The Kier molecular flexibility index (Phi) is 3.25. The molecule has 1 N–H and O–H groups in total. The van der Waals surface area contributed by atoms with E-state index in [0.717, 1.165) is 16.8 Å². The first-order valence-electron chi connectivity index (χ1n) is 6.83. The predicted molar refractivity (Wildman–Crippen MR) is 79.7 cm³/mol. The van der Waals surface area contributed by atoms with E-state index in [1.165, 1.54) is 6.92 Å². The van der Waals surface area contributed by atoms with E-state index in [1.54, 1.807) is 4.90 Å². The highest BCUT2D eigenvalue weighted by Crippen LogP contribution is 2.37. The molecule has 2 aromatic rings. The summed E-state index contributed by atoms with van der Waals surface area (Å²) in [6, 6.07) is 9.60. The molecule has 1 aliphatic heterocycles. The van der Waals surface area contributed by atoms with E-state index in [0.29, 0.717) is 24.5 Å². The van der Waals surface area contributed by atoms with E-state index >= 15 is 0 Å². The average molecular weight is 284 g/mol. The lowest BCUT2D eigenvalue weighted by molar-refractivity contribution is 0.101. The monoisotopic (exact) mass is 284 g/mol. The molecule has 2 heterocycles. The molecule has 1 aromatic heterocycles. The SMILES string of the molecule is CC(=O)c1c(C)[nH]c(N2CCOC2=O)c1-c1ccccc1. The molecule has 1 aromatic carbocycles. The Morgan fingerprint density at radius 1 is 1.29 bits per heavy atom. The summed E-state index contributed by atoms with van der Waals surface area (Å²) < 4.78 is 5.00. The van der Waals surface area contributed by atoms with Gasteiger partial charge in [0.1, 0.15) is 12.4 Å². The molecule has 1 aliphatic rings. The predicted octanol–water partition coefficient (Wildman–Crippen LogP) is 3.15. The standard InChI is InChI=1S/C16H16N2O3/c1-10-13(11(2)19)14(12-6-4-3-5-7-12)15(17-10)18-8-9-21-16(18)20/h3-7,17H,8-9H2,1-2H3. The Hall–Kier alpha value is -2.56. The fraction of sp³-hybridized carbons (Fsp3) is 0.250. The fourth-order valence-electron chi connectivity index (χ4n) is 2.73. The molecule has 5 heteroatoms. The maximum absolute atomic E-state index is 12.0. The number of Topliss-reactive ketones (excluding diaryl/α,β-unsaturated/α-hetero) is 1. The summed E-state index contributed by atoms with van der Waals surface area (Å²) in [6.07, 6.45) is -0.386. The van der Waals surface area contributed by atoms with Gasteiger partial charge in [-0.2, -0.15) is 0 Å². The summed E-state index contributed by atoms with van der Waals surface area (Å²) in [7, 11) is 0. The molecule has 0 unspecified atom stereocenters. The average Bonchev–Trinajstić information content (AvgIpc) is 3.02. The van der Waals surface area contributed by atoms with Crippen molar-refractivity contribution < 1.29 is 14.3 Å². The van der Waals surface area contributed by atoms with Gasteiger partial charge in [0.25, 0.3) is 0 Å². The van der Waals surface area contributed by atoms with Gasteiger partial charge < -0.3 is 9.72 Å². The van der Waals surface area contributed by atoms with Crippen molar-refractivity contribution in [3.8, 4) is 11.1 Å². The largest absolute Gasteiger partial charge is 0.447 e. The van der Waals surface area contributed by atoms with Crippen LogP contribution >= 0.6 is 0 Å². The van der Waals surface area contributed by atoms with Crippen molar-refractivity contribution >= 4 is 17.7 Å². The summed E-state index contributed by atoms with van der Waals surface area (Å²) in [4.78, 5) is 28.6. The molecule has 0 radical (unpaired) electrons. The van der Waals surface area contributed by atoms with Crippen molar-refractivity contribution in [3.63, 3.8) is 0 Å². The van der Waals surface area contributed by atoms with Crippen LogP contribution in [-0.4, -0.2) is 30.0 Å². The minimum atomic E-state index is -0.386. The van der Waals surface area contributed by atoms with Gasteiger partial charge in [-0.1, -0.05) is 30.3 Å². The number of anilines is 1. The van der Waals surface area contributed by atoms with Crippen LogP contribution in [0.3, 0.4) is 0 Å². The Bertz CT molecular complexity index is 704. The number of carbonyl (C=O) groups excluding carboxylic acids is 2. The van der Waals surface area contributed by atoms with Crippen molar-refractivity contribution in [2.45, 2.75) is 13.8 Å². The first-order valence-corrected chi connectivity index (χ1v) is 6.83. The highest BCUT2D eigenvalue weighted by atomic mass is 16.6. The number of nitrogens with zero attached hydrogens (tertiary/aromatic N) is 1. The molecular weight excluding hydrogens is 268 g/mol. The van der Waals surface area contributed by atoms with Crippen LogP contribution in [0.5, 0.6) is 0 Å². The normalized spacial score (nSPS) is 14.4. The number of nitrogens with one attached hydrogen (secondary N) is 1. The molecule has 0 aliphatic carbocycles. The van der Waals surface area contributed by atoms with Gasteiger partial charge in [0.15, 0.2) is 5.78 Å². The number of H-pyrrole nitrogens is 1. The third kappa shape index (κ3) is 2.20. The lowest BCUT2D eigenvalue weighted by Gasteiger charge is -2.14. The second-order valence-electron chi connectivity index (χ2n) is 5.04. The van der Waals surface area contributed by atoms with E-state index in [-0.39, 0.29) is 11.9 Å². The van der Waals surface area contributed by atoms with Gasteiger partial charge in [0.05, 0.1) is 6.54 Å². The zero-order valence-electron chi connectivity index (χ0n) is 12.0. The van der Waals surface area contributed by atoms with Crippen LogP contribution in [0, 0.1) is 6.92 Å². The van der Waals surface area contributed by atoms with Crippen LogP contribution in [-0.2, 0) is 4.74 Å². The lowest BCUT2D eigenvalue weighted by atomic mass is 9.99. The van der Waals surface area contributed by atoms with E-state index < -0.39 is 0 Å². The van der Waals surface area contributed by atoms with Crippen LogP contribution in [0.15, 0.2) is 30.3 Å². The van der Waals surface area contributed by atoms with Gasteiger partial charge in [0, 0.05) is 16.8 Å². The Morgan fingerprint density at radius 2 is 2.00 bits per heavy atom. The van der Waals surface area contributed by atoms with Gasteiger partial charge in [-0.05, 0) is 19.4 Å². The number of ether oxygens (including phenoxy) is 1. The molecule has 3 rings (SSSR count). The highest BCUT2D eigenvalue weighted by molar-refractivity contribution is 6.07. The van der Waals surface area contributed by atoms with Crippen LogP contribution in [0.4, 0.5) is 10.6 Å². The molecule has 1 amide bonds. The highest BCUT2D eigenvalue weighted by Gasteiger charge is 2.30. The third-order valence-corrected chi connectivity index (χ3v) is 3.61. The molecule has 0 bridgehead atoms. The zero-order chi connectivity index (χ0) is 15.0. The van der Waals surface area contributed by atoms with Crippen LogP contribution in [0.25, 0.3) is 11.1 Å². The molecule has 0 spiro atoms. The van der Waals surface area contributed by atoms with E-state index in [1.807, 2.05) is 37.3 Å². The number of hydrogen-bond donors (Lipinski definition) is 1. The Morgan fingerprint density at radius 3 is 2.57 bits per heavy atom. The van der Waals surface area contributed by atoms with Gasteiger partial charge in [-0.15, -0.1) is 0 Å². The fourth-order valence-corrected chi connectivity index (χ4v) is 2.73. The number of carbonyl (C=O) groups is 2. The van der Waals surface area contributed by atoms with Crippen molar-refractivity contribution in [1.82, 2.24) is 4.98 Å². The van der Waals surface area contributed by atoms with Crippen LogP contribution in [0.2, 0.25) is 0 Å². The Balaban J connectivity index is 2.23. The van der Waals surface area contributed by atoms with Crippen molar-refractivity contribution in [2.75, 3.05) is 18.1 Å². The van der Waals surface area contributed by atoms with E-state index in [4.69, 9.17) is 4.74 Å². The second-order valence-corrected chi connectivity index (χ2v) is 5.04. The van der Waals surface area contributed by atoms with Gasteiger partial charge >= 0.3 is 6.09 Å². The van der Waals surface area contributed by atoms with Crippen LogP contribution < -0.4 is 4.90 Å². The number of rotatable bonds is 3. The molecular formula is C16H16N2O3. The number of hydrogen-bond acceptors (Lipinski definition) is 3. The molecule has 21 heavy (non-hydrogen) atoms. The molecule has 1 fully saturated rings. The summed E-state index contributed by atoms with van der Waals surface area (Å²) >= 11 is 0. The maximum atomic E-state index is 12.0. The number of benzene rings is 1. The lowest BCUT2D eigenvalue weighted by Crippen LogP contribution is -2.24. The minimum absolute atomic E-state index is 0.0265. The first kappa shape index (κ1) is 13.4. The summed E-state index contributed by atoms with van der Waals surface area (Å²) in [5.74, 6) is 0.604. The third-order valence-electron chi connectivity index (χ3n) is 3.61. The topological polar surface area (TPSA) is 62.4 Å². The van der Waals surface area contributed by atoms with Crippen molar-refractivity contribution in [2.24, 2.45) is 0 Å². The number of aryl methyl sites for hydroxylation is 1. The van der Waals surface area contributed by atoms with Crippen molar-refractivity contribution in [3.05, 3.63) is 41.6 Å². The number of aromatic nitrogens is 1. The Labute approximate surface area is 122 Å². The molecule has 0 saturated carbocycles. The molecule has 0 atom stereocenters. The van der Waals surface area contributed by atoms with E-state index in [9.17, 15) is 9.59 Å². The maximum Gasteiger partial charge on any atom is 0.415 e. The summed E-state index contributed by atoms with van der Waals surface area (Å²) in [6.45, 7) is 4.22. The van der Waals surface area contributed by atoms with Crippen LogP contribution in [0.1, 0.15) is 23.0 Å². The zero-order valence-corrected chi connectivity index (χ0v) is 12.0. The number of amides is 1. The van der Waals surface area contributed by atoms with E-state index in [2.05, 4.69) is 4.98 Å². The van der Waals surface area contributed by atoms with Gasteiger partial charge in [-0.25, -0.2) is 4.79 Å². The smallest absolute Gasteiger partial charge is 0.415 e. The summed E-state index contributed by atoms with van der Waals surface area (Å²) in [5, 5.41) is 0. The second kappa shape index (κ2) is 5.09. The molecule has 5 nitrogen and oxygen atoms in total. The minimum Gasteiger partial charge on any atom is -0.447 e. The quantitative estimate of drug-likeness (QED) is 0.881. The molecule has 108 valence electrons. The molecule has 1 saturated heterocycles. The first-order chi connectivity index (χ1) is 10.1. The van der Waals surface area contributed by atoms with Gasteiger partial charge in [-0.3, -0.25) is 9.69 Å². The number of ketones is 1. The number of cyclic esters (lactones) is 1. The van der Waals surface area contributed by atoms with Crippen molar-refractivity contribution in [1.29, 1.82) is 0 Å². The number of aromatic amines is 1. The summed E-state index contributed by atoms with van der Waals surface area (Å²) in [5.41, 5.74) is 3.05. The van der Waals surface area contributed by atoms with Gasteiger partial charge in [0.2, 0.25) is 0 Å².